The number of unbranched alkanes of at least 4 members (excludes halogenated alkanes) is 1. The van der Waals surface area contributed by atoms with Gasteiger partial charge in [-0.3, -0.25) is 9.59 Å². The Morgan fingerprint density at radius 3 is 2.40 bits per heavy atom. The molecule has 1 N–H and O–H groups in total. The average molecular weight is 592 g/mol. The van der Waals surface area contributed by atoms with E-state index in [0.717, 1.165) is 33.7 Å². The van der Waals surface area contributed by atoms with Crippen LogP contribution in [-0.4, -0.2) is 41.4 Å². The third kappa shape index (κ3) is 8.91. The summed E-state index contributed by atoms with van der Waals surface area (Å²) in [5, 5.41) is 10.0. The number of esters is 1. The number of benzene rings is 3. The SMILES string of the molecule is CCOC(=O)Cn1cc(CCCC(=O)O)c2cccc(/C=C/c3ccc(OCCCCOc4cccc(F)c4F)cc3)c21. The average Bonchev–Trinajstić information content (AvgIpc) is 3.33. The van der Waals surface area contributed by atoms with E-state index in [9.17, 15) is 18.4 Å². The topological polar surface area (TPSA) is 87.0 Å². The maximum atomic E-state index is 13.6. The monoisotopic (exact) mass is 591 g/mol. The molecule has 3 aromatic carbocycles. The number of ether oxygens (including phenoxy) is 3. The molecule has 0 spiro atoms. The lowest BCUT2D eigenvalue weighted by molar-refractivity contribution is -0.143. The van der Waals surface area contributed by atoms with Crippen LogP contribution in [0.2, 0.25) is 0 Å². The summed E-state index contributed by atoms with van der Waals surface area (Å²) in [6.07, 6.45) is 8.37. The van der Waals surface area contributed by atoms with Crippen LogP contribution < -0.4 is 9.47 Å². The number of rotatable bonds is 16. The zero-order valence-electron chi connectivity index (χ0n) is 24.1. The van der Waals surface area contributed by atoms with Crippen LogP contribution in [0.15, 0.2) is 66.9 Å². The van der Waals surface area contributed by atoms with E-state index in [1.54, 1.807) is 6.92 Å². The van der Waals surface area contributed by atoms with Gasteiger partial charge in [0.25, 0.3) is 0 Å². The van der Waals surface area contributed by atoms with Gasteiger partial charge in [-0.05, 0) is 73.6 Å². The number of halogens is 2. The first-order chi connectivity index (χ1) is 20.9. The van der Waals surface area contributed by atoms with Crippen molar-refractivity contribution in [3.8, 4) is 11.5 Å². The third-order valence-corrected chi connectivity index (χ3v) is 6.77. The molecular formula is C34H35F2NO6. The van der Waals surface area contributed by atoms with Gasteiger partial charge in [0.15, 0.2) is 11.6 Å². The second-order valence-corrected chi connectivity index (χ2v) is 9.94. The van der Waals surface area contributed by atoms with Crippen molar-refractivity contribution >= 4 is 35.0 Å². The Hall–Kier alpha value is -4.66. The maximum Gasteiger partial charge on any atom is 0.325 e. The molecule has 0 radical (unpaired) electrons. The molecule has 43 heavy (non-hydrogen) atoms. The Balaban J connectivity index is 1.36. The van der Waals surface area contributed by atoms with Gasteiger partial charge in [0.1, 0.15) is 12.3 Å². The van der Waals surface area contributed by atoms with Crippen LogP contribution in [0.5, 0.6) is 11.5 Å². The number of carbonyl (C=O) groups excluding carboxylic acids is 1. The summed E-state index contributed by atoms with van der Waals surface area (Å²) in [6, 6.07) is 17.4. The number of para-hydroxylation sites is 1. The lowest BCUT2D eigenvalue weighted by atomic mass is 10.0. The number of hydrogen-bond donors (Lipinski definition) is 1. The standard InChI is InChI=1S/C34H35F2NO6/c1-2-41-32(40)23-37-22-26(9-6-13-31(38)39)28-10-5-8-25(34(28)37)17-14-24-15-18-27(19-16-24)42-20-3-4-21-43-30-12-7-11-29(35)33(30)36/h5,7-8,10-12,14-19,22H,2-4,6,9,13,20-21,23H2,1H3,(H,38,39)/b17-14+. The molecule has 0 amide bonds. The highest BCUT2D eigenvalue weighted by Crippen LogP contribution is 2.28. The van der Waals surface area contributed by atoms with E-state index in [1.807, 2.05) is 65.4 Å². The fourth-order valence-electron chi connectivity index (χ4n) is 4.73. The molecule has 4 rings (SSSR count). The Kier molecular flexibility index (Phi) is 11.3. The lowest BCUT2D eigenvalue weighted by Gasteiger charge is -2.09. The van der Waals surface area contributed by atoms with E-state index in [-0.39, 0.29) is 31.3 Å². The molecule has 0 saturated heterocycles. The Bertz CT molecular complexity index is 1560. The van der Waals surface area contributed by atoms with Crippen LogP contribution in [0.1, 0.15) is 49.3 Å². The van der Waals surface area contributed by atoms with Crippen LogP contribution in [0.25, 0.3) is 23.1 Å². The second-order valence-electron chi connectivity index (χ2n) is 9.94. The summed E-state index contributed by atoms with van der Waals surface area (Å²) in [5.74, 6) is -2.46. The van der Waals surface area contributed by atoms with Crippen molar-refractivity contribution < 1.29 is 37.7 Å². The summed E-state index contributed by atoms with van der Waals surface area (Å²) in [5.41, 5.74) is 3.76. The molecule has 4 aromatic rings. The van der Waals surface area contributed by atoms with Crippen molar-refractivity contribution in [3.05, 3.63) is 95.2 Å². The maximum absolute atomic E-state index is 13.6. The van der Waals surface area contributed by atoms with Crippen molar-refractivity contribution in [1.82, 2.24) is 4.57 Å². The number of carboxylic acid groups (broad SMARTS) is 1. The van der Waals surface area contributed by atoms with Crippen LogP contribution in [0.3, 0.4) is 0 Å². The van der Waals surface area contributed by atoms with Crippen molar-refractivity contribution in [2.75, 3.05) is 19.8 Å². The van der Waals surface area contributed by atoms with Gasteiger partial charge in [0.2, 0.25) is 5.82 Å². The molecule has 1 heterocycles. The van der Waals surface area contributed by atoms with E-state index in [0.29, 0.717) is 44.6 Å². The molecular weight excluding hydrogens is 556 g/mol. The van der Waals surface area contributed by atoms with Gasteiger partial charge in [0.05, 0.1) is 25.3 Å². The van der Waals surface area contributed by atoms with Crippen molar-refractivity contribution in [2.24, 2.45) is 0 Å². The van der Waals surface area contributed by atoms with Crippen LogP contribution >= 0.6 is 0 Å². The van der Waals surface area contributed by atoms with Gasteiger partial charge in [-0.15, -0.1) is 0 Å². The van der Waals surface area contributed by atoms with E-state index in [1.165, 1.54) is 12.1 Å². The highest BCUT2D eigenvalue weighted by molar-refractivity contribution is 5.94. The summed E-state index contributed by atoms with van der Waals surface area (Å²) < 4.78 is 45.1. The molecule has 0 fully saturated rings. The molecule has 0 aliphatic heterocycles. The molecule has 0 bridgehead atoms. The minimum atomic E-state index is -0.979. The predicted octanol–water partition coefficient (Wildman–Crippen LogP) is 7.30. The molecule has 0 unspecified atom stereocenters. The zero-order chi connectivity index (χ0) is 30.6. The highest BCUT2D eigenvalue weighted by atomic mass is 19.2. The quantitative estimate of drug-likeness (QED) is 0.0836. The first-order valence-electron chi connectivity index (χ1n) is 14.3. The van der Waals surface area contributed by atoms with Gasteiger partial charge in [-0.2, -0.15) is 4.39 Å². The van der Waals surface area contributed by atoms with Gasteiger partial charge >= 0.3 is 11.9 Å². The molecule has 0 atom stereocenters. The Morgan fingerprint density at radius 1 is 0.907 bits per heavy atom. The van der Waals surface area contributed by atoms with Gasteiger partial charge < -0.3 is 23.9 Å². The van der Waals surface area contributed by atoms with Gasteiger partial charge in [-0.25, -0.2) is 4.39 Å². The van der Waals surface area contributed by atoms with E-state index in [2.05, 4.69) is 0 Å². The number of nitrogens with zero attached hydrogens (tertiary/aromatic N) is 1. The van der Waals surface area contributed by atoms with Gasteiger partial charge in [-0.1, -0.05) is 48.6 Å². The van der Waals surface area contributed by atoms with Crippen LogP contribution in [0, 0.1) is 11.6 Å². The smallest absolute Gasteiger partial charge is 0.325 e. The summed E-state index contributed by atoms with van der Waals surface area (Å²) in [7, 11) is 0. The molecule has 7 nitrogen and oxygen atoms in total. The first-order valence-corrected chi connectivity index (χ1v) is 14.3. The van der Waals surface area contributed by atoms with Gasteiger partial charge in [0, 0.05) is 18.0 Å². The highest BCUT2D eigenvalue weighted by Gasteiger charge is 2.15. The largest absolute Gasteiger partial charge is 0.494 e. The Morgan fingerprint density at radius 2 is 1.65 bits per heavy atom. The van der Waals surface area contributed by atoms with Crippen LogP contribution in [-0.2, 0) is 27.3 Å². The molecule has 0 saturated carbocycles. The fraction of sp³-hybridized carbons (Fsp3) is 0.294. The third-order valence-electron chi connectivity index (χ3n) is 6.77. The van der Waals surface area contributed by atoms with Crippen molar-refractivity contribution in [3.63, 3.8) is 0 Å². The van der Waals surface area contributed by atoms with E-state index in [4.69, 9.17) is 19.3 Å². The normalized spacial score (nSPS) is 11.2. The fourth-order valence-corrected chi connectivity index (χ4v) is 4.73. The van der Waals surface area contributed by atoms with E-state index >= 15 is 0 Å². The molecule has 0 aliphatic rings. The number of aryl methyl sites for hydroxylation is 1. The summed E-state index contributed by atoms with van der Waals surface area (Å²) >= 11 is 0. The number of hydrogen-bond acceptors (Lipinski definition) is 5. The second kappa shape index (κ2) is 15.5. The van der Waals surface area contributed by atoms with Crippen LogP contribution in [0.4, 0.5) is 8.78 Å². The predicted molar refractivity (Wildman–Crippen MR) is 161 cm³/mol. The number of fused-ring (bicyclic) bond motifs is 1. The first kappa shape index (κ1) is 31.3. The van der Waals surface area contributed by atoms with Crippen molar-refractivity contribution in [1.29, 1.82) is 0 Å². The Labute approximate surface area is 249 Å². The number of aromatic nitrogens is 1. The number of carbonyl (C=O) groups is 2. The number of aliphatic carboxylic acids is 1. The summed E-state index contributed by atoms with van der Waals surface area (Å²) in [4.78, 5) is 23.3. The molecule has 9 heteroatoms. The number of carboxylic acids is 1. The van der Waals surface area contributed by atoms with E-state index < -0.39 is 17.6 Å². The lowest BCUT2D eigenvalue weighted by Crippen LogP contribution is -2.12. The molecule has 1 aromatic heterocycles. The minimum Gasteiger partial charge on any atom is -0.494 e. The zero-order valence-corrected chi connectivity index (χ0v) is 24.1. The van der Waals surface area contributed by atoms with Crippen molar-refractivity contribution in [2.45, 2.75) is 45.6 Å². The molecule has 226 valence electrons. The minimum absolute atomic E-state index is 0.0635. The molecule has 0 aliphatic carbocycles. The summed E-state index contributed by atoms with van der Waals surface area (Å²) in [6.45, 7) is 2.84.